The lowest BCUT2D eigenvalue weighted by Crippen LogP contribution is -2.23. The summed E-state index contributed by atoms with van der Waals surface area (Å²) >= 11 is 3.01. The molecule has 4 aromatic rings. The van der Waals surface area contributed by atoms with Gasteiger partial charge in [0.15, 0.2) is 5.82 Å². The molecule has 0 spiro atoms. The van der Waals surface area contributed by atoms with Crippen LogP contribution in [0.25, 0.3) is 22.4 Å². The SMILES string of the molecule is Cc1ccsc1/C=c1\sc2nnc(-c3ccccc3)n2c1=O. The van der Waals surface area contributed by atoms with E-state index in [9.17, 15) is 4.79 Å². The number of nitrogens with zero attached hydrogens (tertiary/aromatic N) is 3. The van der Waals surface area contributed by atoms with E-state index in [4.69, 9.17) is 0 Å². The van der Waals surface area contributed by atoms with Gasteiger partial charge in [0.1, 0.15) is 0 Å². The van der Waals surface area contributed by atoms with E-state index in [1.807, 2.05) is 48.7 Å². The Morgan fingerprint density at radius 2 is 1.95 bits per heavy atom. The molecule has 22 heavy (non-hydrogen) atoms. The zero-order valence-corrected chi connectivity index (χ0v) is 13.3. The van der Waals surface area contributed by atoms with E-state index in [1.54, 1.807) is 15.7 Å². The number of hydrogen-bond acceptors (Lipinski definition) is 5. The average Bonchev–Trinajstić information content (AvgIpc) is 3.20. The third kappa shape index (κ3) is 2.08. The summed E-state index contributed by atoms with van der Waals surface area (Å²) in [4.78, 5) is 14.4. The fourth-order valence-electron chi connectivity index (χ4n) is 2.29. The lowest BCUT2D eigenvalue weighted by Gasteiger charge is -1.94. The summed E-state index contributed by atoms with van der Waals surface area (Å²) in [5.41, 5.74) is 2.01. The van der Waals surface area contributed by atoms with Gasteiger partial charge in [-0.25, -0.2) is 4.40 Å². The van der Waals surface area contributed by atoms with Crippen molar-refractivity contribution in [2.24, 2.45) is 0 Å². The molecule has 0 unspecified atom stereocenters. The normalized spacial score (nSPS) is 12.3. The van der Waals surface area contributed by atoms with Crippen molar-refractivity contribution in [1.82, 2.24) is 14.6 Å². The fourth-order valence-corrected chi connectivity index (χ4v) is 4.12. The Labute approximate surface area is 134 Å². The lowest BCUT2D eigenvalue weighted by atomic mass is 10.2. The molecule has 4 rings (SSSR count). The number of thiazole rings is 1. The van der Waals surface area contributed by atoms with E-state index < -0.39 is 0 Å². The molecule has 0 saturated carbocycles. The molecule has 0 atom stereocenters. The van der Waals surface area contributed by atoms with Crippen LogP contribution in [0.1, 0.15) is 10.4 Å². The van der Waals surface area contributed by atoms with Crippen LogP contribution in [0.15, 0.2) is 46.6 Å². The van der Waals surface area contributed by atoms with Gasteiger partial charge in [-0.15, -0.1) is 21.5 Å². The Morgan fingerprint density at radius 3 is 2.68 bits per heavy atom. The maximum absolute atomic E-state index is 12.7. The third-order valence-electron chi connectivity index (χ3n) is 3.44. The number of aromatic nitrogens is 3. The zero-order chi connectivity index (χ0) is 15.1. The Hall–Kier alpha value is -2.31. The predicted molar refractivity (Wildman–Crippen MR) is 90.4 cm³/mol. The second kappa shape index (κ2) is 5.15. The Balaban J connectivity index is 1.97. The van der Waals surface area contributed by atoms with Crippen LogP contribution in [0.5, 0.6) is 0 Å². The highest BCUT2D eigenvalue weighted by molar-refractivity contribution is 7.15. The predicted octanol–water partition coefficient (Wildman–Crippen LogP) is 2.74. The molecule has 0 bridgehead atoms. The summed E-state index contributed by atoms with van der Waals surface area (Å²) in [6.45, 7) is 2.04. The number of fused-ring (bicyclic) bond motifs is 1. The molecule has 0 aliphatic heterocycles. The van der Waals surface area contributed by atoms with Crippen molar-refractivity contribution in [3.05, 3.63) is 67.1 Å². The highest BCUT2D eigenvalue weighted by Crippen LogP contribution is 2.18. The summed E-state index contributed by atoms with van der Waals surface area (Å²) in [6.07, 6.45) is 1.94. The van der Waals surface area contributed by atoms with Crippen molar-refractivity contribution >= 4 is 33.7 Å². The van der Waals surface area contributed by atoms with Crippen molar-refractivity contribution in [3.8, 4) is 11.4 Å². The summed E-state index contributed by atoms with van der Waals surface area (Å²) in [5, 5.41) is 10.3. The topological polar surface area (TPSA) is 47.3 Å². The van der Waals surface area contributed by atoms with E-state index in [1.165, 1.54) is 16.9 Å². The minimum atomic E-state index is -0.0587. The van der Waals surface area contributed by atoms with E-state index in [2.05, 4.69) is 16.3 Å². The van der Waals surface area contributed by atoms with Gasteiger partial charge >= 0.3 is 0 Å². The van der Waals surface area contributed by atoms with Crippen molar-refractivity contribution in [2.75, 3.05) is 0 Å². The van der Waals surface area contributed by atoms with Crippen molar-refractivity contribution < 1.29 is 0 Å². The first-order valence-electron chi connectivity index (χ1n) is 6.73. The van der Waals surface area contributed by atoms with E-state index in [0.29, 0.717) is 15.3 Å². The molecule has 0 aliphatic rings. The standard InChI is InChI=1S/C16H11N3OS2/c1-10-7-8-21-12(10)9-13-15(20)19-14(17-18-16(19)22-13)11-5-3-2-4-6-11/h2-9H,1H3/b13-9-. The molecular weight excluding hydrogens is 314 g/mol. The minimum Gasteiger partial charge on any atom is -0.267 e. The quantitative estimate of drug-likeness (QED) is 0.569. The smallest absolute Gasteiger partial charge is 0.267 e. The van der Waals surface area contributed by atoms with E-state index >= 15 is 0 Å². The number of hydrogen-bond donors (Lipinski definition) is 0. The molecular formula is C16H11N3OS2. The van der Waals surface area contributed by atoms with Crippen LogP contribution in [0.4, 0.5) is 0 Å². The van der Waals surface area contributed by atoms with Crippen molar-refractivity contribution in [2.45, 2.75) is 6.92 Å². The number of thiophene rings is 1. The summed E-state index contributed by atoms with van der Waals surface area (Å²) in [5.74, 6) is 0.597. The fraction of sp³-hybridized carbons (Fsp3) is 0.0625. The molecule has 0 radical (unpaired) electrons. The summed E-state index contributed by atoms with van der Waals surface area (Å²) in [7, 11) is 0. The highest BCUT2D eigenvalue weighted by atomic mass is 32.1. The molecule has 3 aromatic heterocycles. The van der Waals surface area contributed by atoms with Crippen molar-refractivity contribution in [1.29, 1.82) is 0 Å². The van der Waals surface area contributed by atoms with Gasteiger partial charge in [0.2, 0.25) is 4.96 Å². The molecule has 0 fully saturated rings. The Bertz CT molecular complexity index is 1060. The van der Waals surface area contributed by atoms with Gasteiger partial charge in [-0.2, -0.15) is 0 Å². The maximum atomic E-state index is 12.7. The Morgan fingerprint density at radius 1 is 1.14 bits per heavy atom. The van der Waals surface area contributed by atoms with Crippen LogP contribution in [0.2, 0.25) is 0 Å². The van der Waals surface area contributed by atoms with Crippen molar-refractivity contribution in [3.63, 3.8) is 0 Å². The molecule has 6 heteroatoms. The molecule has 4 nitrogen and oxygen atoms in total. The maximum Gasteiger partial charge on any atom is 0.276 e. The van der Waals surface area contributed by atoms with Gasteiger partial charge in [-0.1, -0.05) is 41.7 Å². The van der Waals surface area contributed by atoms with Crippen LogP contribution < -0.4 is 10.1 Å². The highest BCUT2D eigenvalue weighted by Gasteiger charge is 2.13. The monoisotopic (exact) mass is 325 g/mol. The van der Waals surface area contributed by atoms with Gasteiger partial charge in [-0.3, -0.25) is 4.79 Å². The second-order valence-corrected chi connectivity index (χ2v) is 6.85. The van der Waals surface area contributed by atoms with E-state index in [-0.39, 0.29) is 5.56 Å². The molecule has 0 N–H and O–H groups in total. The molecule has 0 amide bonds. The van der Waals surface area contributed by atoms with Crippen LogP contribution in [0, 0.1) is 6.92 Å². The summed E-state index contributed by atoms with van der Waals surface area (Å²) in [6, 6.07) is 11.7. The van der Waals surface area contributed by atoms with Crippen LogP contribution in [-0.4, -0.2) is 14.6 Å². The van der Waals surface area contributed by atoms with Crippen LogP contribution >= 0.6 is 22.7 Å². The minimum absolute atomic E-state index is 0.0587. The second-order valence-electron chi connectivity index (χ2n) is 4.89. The first kappa shape index (κ1) is 13.4. The molecule has 1 aromatic carbocycles. The zero-order valence-electron chi connectivity index (χ0n) is 11.7. The average molecular weight is 325 g/mol. The lowest BCUT2D eigenvalue weighted by molar-refractivity contribution is 1.09. The Kier molecular flexibility index (Phi) is 3.13. The number of benzene rings is 1. The molecule has 3 heterocycles. The summed E-state index contributed by atoms with van der Waals surface area (Å²) < 4.78 is 2.28. The van der Waals surface area contributed by atoms with Gasteiger partial charge in [0.05, 0.1) is 4.53 Å². The van der Waals surface area contributed by atoms with Crippen LogP contribution in [0.3, 0.4) is 0 Å². The third-order valence-corrected chi connectivity index (χ3v) is 5.37. The number of aryl methyl sites for hydroxylation is 1. The van der Waals surface area contributed by atoms with Gasteiger partial charge in [-0.05, 0) is 30.0 Å². The first-order valence-corrected chi connectivity index (χ1v) is 8.43. The molecule has 0 aliphatic carbocycles. The molecule has 108 valence electrons. The molecule has 0 saturated heterocycles. The van der Waals surface area contributed by atoms with Gasteiger partial charge in [0.25, 0.3) is 5.56 Å². The first-order chi connectivity index (χ1) is 10.7. The van der Waals surface area contributed by atoms with Gasteiger partial charge < -0.3 is 0 Å². The number of rotatable bonds is 2. The van der Waals surface area contributed by atoms with Gasteiger partial charge in [0, 0.05) is 10.4 Å². The largest absolute Gasteiger partial charge is 0.276 e. The van der Waals surface area contributed by atoms with E-state index in [0.717, 1.165) is 10.4 Å². The van der Waals surface area contributed by atoms with Crippen LogP contribution in [-0.2, 0) is 0 Å².